The summed E-state index contributed by atoms with van der Waals surface area (Å²) in [6.45, 7) is 14.1. The Morgan fingerprint density at radius 3 is 2.55 bits per heavy atom. The molecule has 0 aromatic heterocycles. The van der Waals surface area contributed by atoms with Gasteiger partial charge in [0.1, 0.15) is 23.4 Å². The first kappa shape index (κ1) is 48.2. The van der Waals surface area contributed by atoms with Crippen LogP contribution in [0.2, 0.25) is 0 Å². The van der Waals surface area contributed by atoms with Gasteiger partial charge in [0, 0.05) is 61.9 Å². The van der Waals surface area contributed by atoms with Crippen molar-refractivity contribution in [3.8, 4) is 5.75 Å². The number of amidine groups is 1. The molecule has 2 aromatic rings. The molecule has 1 amide bonds. The summed E-state index contributed by atoms with van der Waals surface area (Å²) >= 11 is 0. The van der Waals surface area contributed by atoms with E-state index in [0.29, 0.717) is 96.9 Å². The number of fused-ring (bicyclic) bond motifs is 1. The summed E-state index contributed by atoms with van der Waals surface area (Å²) in [5, 5.41) is 12.5. The van der Waals surface area contributed by atoms with Crippen molar-refractivity contribution in [2.24, 2.45) is 26.1 Å². The molecule has 10 nitrogen and oxygen atoms in total. The van der Waals surface area contributed by atoms with Gasteiger partial charge in [-0.15, -0.1) is 0 Å². The highest BCUT2D eigenvalue weighted by molar-refractivity contribution is 6.39. The zero-order valence-corrected chi connectivity index (χ0v) is 38.7. The van der Waals surface area contributed by atoms with Gasteiger partial charge < -0.3 is 25.4 Å². The van der Waals surface area contributed by atoms with Crippen LogP contribution in [0.4, 0.5) is 17.6 Å². The molecule has 2 aliphatic heterocycles. The predicted octanol–water partition coefficient (Wildman–Crippen LogP) is 9.70. The van der Waals surface area contributed by atoms with Crippen molar-refractivity contribution in [2.45, 2.75) is 111 Å². The molecular formula is C50H65F4N7O3. The highest BCUT2D eigenvalue weighted by Gasteiger charge is 2.52. The molecule has 2 aliphatic carbocycles. The highest BCUT2D eigenvalue weighted by Crippen LogP contribution is 2.49. The number of nitrogens with two attached hydrogens (primary N) is 1. The van der Waals surface area contributed by atoms with E-state index >= 15 is 4.39 Å². The minimum Gasteiger partial charge on any atom is -0.508 e. The van der Waals surface area contributed by atoms with Gasteiger partial charge in [-0.2, -0.15) is 18.2 Å². The number of likely N-dealkylation sites (N-methyl/N-ethyl adjacent to an activating group) is 1. The van der Waals surface area contributed by atoms with E-state index in [9.17, 15) is 23.1 Å². The summed E-state index contributed by atoms with van der Waals surface area (Å²) < 4.78 is 64.3. The zero-order chi connectivity index (χ0) is 46.5. The van der Waals surface area contributed by atoms with Gasteiger partial charge in [0.2, 0.25) is 5.88 Å². The Hall–Kier alpha value is -5.24. The van der Waals surface area contributed by atoms with Gasteiger partial charge in [-0.3, -0.25) is 19.7 Å². The average molecular weight is 888 g/mol. The van der Waals surface area contributed by atoms with Crippen molar-refractivity contribution in [3.63, 3.8) is 0 Å². The Labute approximate surface area is 375 Å². The number of hydrogen-bond acceptors (Lipinski definition) is 8. The molecule has 4 aliphatic rings. The van der Waals surface area contributed by atoms with Crippen LogP contribution in [0.15, 0.2) is 91.8 Å². The number of carbonyl (C=O) groups excluding carboxylic acids is 1. The SMILES string of the molecule is C/C=C1\C(=NC(C)C)C(c2cc(O)cc3ccc(F)c(CC)c23)=CC(C)=C1/C(=N\C(=C\CCC)OCC1(CN2CCCC2C(F)(F)F)CC1)N1CCCN=C(/C=C(\N)C(=O)N(C)C)C1. The van der Waals surface area contributed by atoms with Gasteiger partial charge >= 0.3 is 6.18 Å². The molecule has 0 bridgehead atoms. The summed E-state index contributed by atoms with van der Waals surface area (Å²) in [5.74, 6) is 0.323. The number of carbonyl (C=O) groups is 1. The van der Waals surface area contributed by atoms with Gasteiger partial charge in [-0.25, -0.2) is 4.39 Å². The van der Waals surface area contributed by atoms with Crippen molar-refractivity contribution in [1.82, 2.24) is 14.7 Å². The quantitative estimate of drug-likeness (QED) is 0.0642. The summed E-state index contributed by atoms with van der Waals surface area (Å²) in [6, 6.07) is 4.85. The number of rotatable bonds is 14. The van der Waals surface area contributed by atoms with Crippen molar-refractivity contribution in [2.75, 3.05) is 53.4 Å². The zero-order valence-electron chi connectivity index (χ0n) is 38.7. The lowest BCUT2D eigenvalue weighted by atomic mass is 9.80. The number of aliphatic imine (C=N–C) groups is 3. The van der Waals surface area contributed by atoms with Gasteiger partial charge in [-0.05, 0) is 143 Å². The van der Waals surface area contributed by atoms with Crippen molar-refractivity contribution < 1.29 is 32.2 Å². The number of likely N-dealkylation sites (tertiary alicyclic amines) is 1. The number of halogens is 4. The number of aryl methyl sites for hydroxylation is 1. The Bertz CT molecular complexity index is 2350. The summed E-state index contributed by atoms with van der Waals surface area (Å²) in [5.41, 5.74) is 11.5. The number of phenolic OH excluding ortho intramolecular Hbond substituents is 1. The van der Waals surface area contributed by atoms with E-state index in [0.717, 1.165) is 41.6 Å². The monoisotopic (exact) mass is 888 g/mol. The van der Waals surface area contributed by atoms with Crippen molar-refractivity contribution in [1.29, 1.82) is 0 Å². The second kappa shape index (κ2) is 20.3. The molecule has 1 saturated carbocycles. The van der Waals surface area contributed by atoms with Crippen LogP contribution in [0.1, 0.15) is 97.6 Å². The molecule has 1 unspecified atom stereocenters. The molecule has 6 rings (SSSR count). The molecule has 346 valence electrons. The van der Waals surface area contributed by atoms with Crippen LogP contribution in [0.5, 0.6) is 5.75 Å². The molecule has 1 saturated heterocycles. The van der Waals surface area contributed by atoms with E-state index in [1.165, 1.54) is 11.0 Å². The van der Waals surface area contributed by atoms with Crippen LogP contribution in [0.3, 0.4) is 0 Å². The summed E-state index contributed by atoms with van der Waals surface area (Å²) in [4.78, 5) is 33.5. The van der Waals surface area contributed by atoms with Crippen LogP contribution < -0.4 is 5.73 Å². The molecule has 2 fully saturated rings. The molecule has 2 aromatic carbocycles. The lowest BCUT2D eigenvalue weighted by molar-refractivity contribution is -0.178. The molecule has 0 radical (unpaired) electrons. The Balaban J connectivity index is 1.53. The third kappa shape index (κ3) is 11.0. The molecule has 1 atom stereocenters. The first-order valence-corrected chi connectivity index (χ1v) is 22.7. The number of hydrogen-bond donors (Lipinski definition) is 2. The van der Waals surface area contributed by atoms with E-state index in [1.807, 2.05) is 52.8 Å². The summed E-state index contributed by atoms with van der Waals surface area (Å²) in [6.07, 6.45) is 8.03. The number of unbranched alkanes of at least 4 members (excludes halogenated alkanes) is 1. The first-order valence-electron chi connectivity index (χ1n) is 22.7. The van der Waals surface area contributed by atoms with Crippen molar-refractivity contribution in [3.05, 3.63) is 93.8 Å². The minimum absolute atomic E-state index is 0.0454. The fourth-order valence-corrected chi connectivity index (χ4v) is 9.01. The number of allylic oxidation sites excluding steroid dienone is 5. The lowest BCUT2D eigenvalue weighted by Crippen LogP contribution is -2.44. The predicted molar refractivity (Wildman–Crippen MR) is 250 cm³/mol. The molecule has 64 heavy (non-hydrogen) atoms. The van der Waals surface area contributed by atoms with Gasteiger partial charge in [-0.1, -0.05) is 32.4 Å². The minimum atomic E-state index is -4.28. The largest absolute Gasteiger partial charge is 0.508 e. The van der Waals surface area contributed by atoms with Gasteiger partial charge in [0.15, 0.2) is 0 Å². The van der Waals surface area contributed by atoms with E-state index < -0.39 is 17.6 Å². The van der Waals surface area contributed by atoms with Crippen molar-refractivity contribution >= 4 is 39.5 Å². The Morgan fingerprint density at radius 2 is 1.91 bits per heavy atom. The second-order valence-corrected chi connectivity index (χ2v) is 18.0. The van der Waals surface area contributed by atoms with E-state index in [1.54, 1.807) is 43.3 Å². The van der Waals surface area contributed by atoms with E-state index in [-0.39, 0.29) is 48.8 Å². The standard InChI is InChI=1S/C50H65F4N7O3/c1-9-12-16-43(64-30-49(19-20-49)29-61-22-13-15-42(61)50(52,53)54)58-47(60-23-14-21-56-34(28-60)26-41(55)48(63)59(7)8)44-32(6)24-39(46(37(44)11-3)57-31(4)5)38-27-35(62)25-33-17-18-40(51)36(10-2)45(33)38/h11,16-18,24-27,31,42,62H,9-10,12-15,19-23,28-30,55H2,1-8H3/b37-11-,41-26-,43-16-,57-46?,58-47+. The first-order chi connectivity index (χ1) is 30.4. The number of aromatic hydroxyl groups is 1. The maximum atomic E-state index is 15.6. The van der Waals surface area contributed by atoms with Crippen LogP contribution in [-0.4, -0.2) is 115 Å². The average Bonchev–Trinajstić information content (AvgIpc) is 3.91. The van der Waals surface area contributed by atoms with Gasteiger partial charge in [0.25, 0.3) is 5.91 Å². The fraction of sp³-hybridized carbons (Fsp3) is 0.520. The summed E-state index contributed by atoms with van der Waals surface area (Å²) in [7, 11) is 3.28. The fourth-order valence-electron chi connectivity index (χ4n) is 9.01. The van der Waals surface area contributed by atoms with E-state index in [4.69, 9.17) is 25.4 Å². The normalized spacial score (nSPS) is 21.5. The Morgan fingerprint density at radius 1 is 1.16 bits per heavy atom. The number of benzene rings is 2. The number of amides is 1. The highest BCUT2D eigenvalue weighted by atomic mass is 19.4. The molecule has 14 heteroatoms. The third-order valence-corrected chi connectivity index (χ3v) is 12.3. The smallest absolute Gasteiger partial charge is 0.404 e. The maximum absolute atomic E-state index is 15.6. The van der Waals surface area contributed by atoms with Crippen LogP contribution in [-0.2, 0) is 16.0 Å². The number of alkyl halides is 3. The van der Waals surface area contributed by atoms with Gasteiger partial charge in [0.05, 0.1) is 30.3 Å². The molecule has 3 N–H and O–H groups in total. The number of nitrogens with zero attached hydrogens (tertiary/aromatic N) is 6. The molecule has 0 spiro atoms. The van der Waals surface area contributed by atoms with Crippen LogP contribution in [0.25, 0.3) is 16.3 Å². The molecular weight excluding hydrogens is 823 g/mol. The number of phenols is 1. The lowest BCUT2D eigenvalue weighted by Gasteiger charge is -2.32. The van der Waals surface area contributed by atoms with E-state index in [2.05, 4.69) is 11.8 Å². The maximum Gasteiger partial charge on any atom is 0.404 e. The van der Waals surface area contributed by atoms with Crippen LogP contribution in [0, 0.1) is 11.2 Å². The third-order valence-electron chi connectivity index (χ3n) is 12.3. The number of ether oxygens (including phenoxy) is 1. The topological polar surface area (TPSA) is 119 Å². The second-order valence-electron chi connectivity index (χ2n) is 18.0. The van der Waals surface area contributed by atoms with Crippen LogP contribution >= 0.6 is 0 Å². The molecule has 2 heterocycles. The Kier molecular flexibility index (Phi) is 15.3.